The van der Waals surface area contributed by atoms with E-state index < -0.39 is 11.6 Å². The molecule has 1 nitrogen and oxygen atoms in total. The van der Waals surface area contributed by atoms with Crippen molar-refractivity contribution in [3.8, 4) is 0 Å². The number of aryl methyl sites for hydroxylation is 1. The number of nitrogens with zero attached hydrogens (tertiary/aromatic N) is 1. The van der Waals surface area contributed by atoms with Gasteiger partial charge in [0.15, 0.2) is 11.6 Å². The molecule has 0 saturated heterocycles. The minimum Gasteiger partial charge on any atom is -0.261 e. The fraction of sp³-hybridized carbons (Fsp3) is 0.188. The fourth-order valence-electron chi connectivity index (χ4n) is 2.47. The lowest BCUT2D eigenvalue weighted by molar-refractivity contribution is 0.506. The van der Waals surface area contributed by atoms with E-state index in [9.17, 15) is 8.78 Å². The van der Waals surface area contributed by atoms with Crippen molar-refractivity contribution in [2.45, 2.75) is 19.3 Å². The van der Waals surface area contributed by atoms with Crippen molar-refractivity contribution < 1.29 is 8.78 Å². The molecule has 0 radical (unpaired) electrons. The summed E-state index contributed by atoms with van der Waals surface area (Å²) in [6, 6.07) is 8.20. The van der Waals surface area contributed by atoms with Crippen LogP contribution in [0.25, 0.3) is 5.57 Å². The largest absolute Gasteiger partial charge is 0.261 e. The molecule has 96 valence electrons. The minimum atomic E-state index is -0.797. The van der Waals surface area contributed by atoms with Gasteiger partial charge >= 0.3 is 0 Å². The summed E-state index contributed by atoms with van der Waals surface area (Å²) in [5.74, 6) is -1.56. The first-order valence-electron chi connectivity index (χ1n) is 6.32. The number of halogens is 2. The van der Waals surface area contributed by atoms with Crippen molar-refractivity contribution >= 4 is 5.57 Å². The van der Waals surface area contributed by atoms with Gasteiger partial charge in [-0.3, -0.25) is 4.98 Å². The second-order valence-electron chi connectivity index (χ2n) is 4.66. The Balaban J connectivity index is 2.03. The molecule has 0 aliphatic heterocycles. The Bertz CT molecular complexity index is 647. The summed E-state index contributed by atoms with van der Waals surface area (Å²) >= 11 is 0. The first kappa shape index (κ1) is 12.0. The Kier molecular flexibility index (Phi) is 3.11. The Morgan fingerprint density at radius 2 is 1.95 bits per heavy atom. The highest BCUT2D eigenvalue weighted by atomic mass is 19.2. The number of rotatable bonds is 1. The molecule has 0 bridgehead atoms. The topological polar surface area (TPSA) is 12.9 Å². The Labute approximate surface area is 110 Å². The molecule has 0 unspecified atom stereocenters. The third kappa shape index (κ3) is 2.28. The monoisotopic (exact) mass is 257 g/mol. The van der Waals surface area contributed by atoms with Crippen molar-refractivity contribution in [3.63, 3.8) is 0 Å². The van der Waals surface area contributed by atoms with Gasteiger partial charge in [-0.1, -0.05) is 24.3 Å². The number of aromatic nitrogens is 1. The average molecular weight is 257 g/mol. The van der Waals surface area contributed by atoms with Crippen LogP contribution in [0.15, 0.2) is 42.6 Å². The molecule has 1 aromatic carbocycles. The van der Waals surface area contributed by atoms with Gasteiger partial charge in [0, 0.05) is 17.5 Å². The maximum absolute atomic E-state index is 13.9. The van der Waals surface area contributed by atoms with Crippen molar-refractivity contribution in [2.75, 3.05) is 0 Å². The van der Waals surface area contributed by atoms with Crippen LogP contribution < -0.4 is 0 Å². The third-order valence-corrected chi connectivity index (χ3v) is 3.43. The van der Waals surface area contributed by atoms with Gasteiger partial charge in [0.05, 0.1) is 0 Å². The lowest BCUT2D eigenvalue weighted by Crippen LogP contribution is -1.98. The van der Waals surface area contributed by atoms with E-state index >= 15 is 0 Å². The van der Waals surface area contributed by atoms with E-state index in [4.69, 9.17) is 0 Å². The Morgan fingerprint density at radius 3 is 2.84 bits per heavy atom. The summed E-state index contributed by atoms with van der Waals surface area (Å²) in [5.41, 5.74) is 3.33. The number of pyridine rings is 1. The first-order chi connectivity index (χ1) is 9.25. The molecule has 0 spiro atoms. The van der Waals surface area contributed by atoms with Crippen molar-refractivity contribution in [3.05, 3.63) is 71.1 Å². The molecule has 2 aromatic rings. The predicted molar refractivity (Wildman–Crippen MR) is 70.6 cm³/mol. The molecule has 0 fully saturated rings. The highest BCUT2D eigenvalue weighted by molar-refractivity contribution is 5.69. The smallest absolute Gasteiger partial charge is 0.166 e. The average Bonchev–Trinajstić information content (AvgIpc) is 2.64. The second-order valence-corrected chi connectivity index (χ2v) is 4.66. The second kappa shape index (κ2) is 4.92. The molecule has 1 aliphatic carbocycles. The zero-order chi connectivity index (χ0) is 13.2. The van der Waals surface area contributed by atoms with Gasteiger partial charge in [0.25, 0.3) is 0 Å². The SMILES string of the molecule is Fc1cccc(C2=CCCc3ncccc3C2)c1F. The van der Waals surface area contributed by atoms with E-state index in [0.717, 1.165) is 35.7 Å². The first-order valence-corrected chi connectivity index (χ1v) is 6.32. The van der Waals surface area contributed by atoms with Gasteiger partial charge in [-0.05, 0) is 42.5 Å². The number of fused-ring (bicyclic) bond motifs is 1. The molecule has 19 heavy (non-hydrogen) atoms. The molecule has 1 aromatic heterocycles. The van der Waals surface area contributed by atoms with E-state index in [1.54, 1.807) is 18.3 Å². The highest BCUT2D eigenvalue weighted by Gasteiger charge is 2.16. The quantitative estimate of drug-likeness (QED) is 0.754. The van der Waals surface area contributed by atoms with Crippen LogP contribution in [0.5, 0.6) is 0 Å². The maximum Gasteiger partial charge on any atom is 0.166 e. The van der Waals surface area contributed by atoms with Crippen LogP contribution in [0.4, 0.5) is 8.78 Å². The maximum atomic E-state index is 13.9. The molecule has 3 rings (SSSR count). The molecule has 0 amide bonds. The van der Waals surface area contributed by atoms with Crippen LogP contribution >= 0.6 is 0 Å². The van der Waals surface area contributed by atoms with E-state index in [0.29, 0.717) is 12.0 Å². The molecular weight excluding hydrogens is 244 g/mol. The van der Waals surface area contributed by atoms with Crippen LogP contribution in [0.1, 0.15) is 23.2 Å². The van der Waals surface area contributed by atoms with Gasteiger partial charge in [0.2, 0.25) is 0 Å². The van der Waals surface area contributed by atoms with Gasteiger partial charge < -0.3 is 0 Å². The lowest BCUT2D eigenvalue weighted by Gasteiger charge is -2.09. The van der Waals surface area contributed by atoms with Gasteiger partial charge in [-0.25, -0.2) is 8.78 Å². The van der Waals surface area contributed by atoms with Crippen LogP contribution in [0.2, 0.25) is 0 Å². The molecule has 0 saturated carbocycles. The lowest BCUT2D eigenvalue weighted by atomic mass is 9.98. The summed E-state index contributed by atoms with van der Waals surface area (Å²) < 4.78 is 27.2. The zero-order valence-electron chi connectivity index (χ0n) is 10.4. The van der Waals surface area contributed by atoms with Gasteiger partial charge in [-0.15, -0.1) is 0 Å². The summed E-state index contributed by atoms with van der Waals surface area (Å²) in [6.07, 6.45) is 6.00. The summed E-state index contributed by atoms with van der Waals surface area (Å²) in [7, 11) is 0. The number of allylic oxidation sites excluding steroid dienone is 2. The normalized spacial score (nSPS) is 14.5. The highest BCUT2D eigenvalue weighted by Crippen LogP contribution is 2.28. The standard InChI is InChI=1S/C16H13F2N/c17-14-7-2-6-13(16(14)18)11-4-1-8-15-12(10-11)5-3-9-19-15/h2-7,9H,1,8,10H2. The fourth-order valence-corrected chi connectivity index (χ4v) is 2.47. The van der Waals surface area contributed by atoms with Crippen molar-refractivity contribution in [1.82, 2.24) is 4.98 Å². The molecule has 1 heterocycles. The van der Waals surface area contributed by atoms with Gasteiger partial charge in [0.1, 0.15) is 0 Å². The molecule has 1 aliphatic rings. The zero-order valence-corrected chi connectivity index (χ0v) is 10.4. The summed E-state index contributed by atoms with van der Waals surface area (Å²) in [6.45, 7) is 0. The number of hydrogen-bond donors (Lipinski definition) is 0. The van der Waals surface area contributed by atoms with Crippen LogP contribution in [0.3, 0.4) is 0 Å². The predicted octanol–water partition coefficient (Wildman–Crippen LogP) is 3.93. The van der Waals surface area contributed by atoms with Crippen LogP contribution in [0, 0.1) is 11.6 Å². The number of hydrogen-bond acceptors (Lipinski definition) is 1. The number of benzene rings is 1. The molecule has 0 atom stereocenters. The Hall–Kier alpha value is -2.03. The summed E-state index contributed by atoms with van der Waals surface area (Å²) in [5, 5.41) is 0. The Morgan fingerprint density at radius 1 is 1.05 bits per heavy atom. The molecule has 3 heteroatoms. The molecule has 0 N–H and O–H groups in total. The van der Waals surface area contributed by atoms with E-state index in [2.05, 4.69) is 4.98 Å². The van der Waals surface area contributed by atoms with E-state index in [1.165, 1.54) is 0 Å². The van der Waals surface area contributed by atoms with Crippen LogP contribution in [-0.2, 0) is 12.8 Å². The summed E-state index contributed by atoms with van der Waals surface area (Å²) in [4.78, 5) is 4.35. The van der Waals surface area contributed by atoms with E-state index in [1.807, 2.05) is 18.2 Å². The van der Waals surface area contributed by atoms with Crippen LogP contribution in [-0.4, -0.2) is 4.98 Å². The van der Waals surface area contributed by atoms with Crippen molar-refractivity contribution in [2.24, 2.45) is 0 Å². The van der Waals surface area contributed by atoms with Gasteiger partial charge in [-0.2, -0.15) is 0 Å². The van der Waals surface area contributed by atoms with E-state index in [-0.39, 0.29) is 0 Å². The minimum absolute atomic E-state index is 0.358. The third-order valence-electron chi connectivity index (χ3n) is 3.43. The molecular formula is C16H13F2N. The van der Waals surface area contributed by atoms with Crippen molar-refractivity contribution in [1.29, 1.82) is 0 Å².